The average molecular weight is 223 g/mol. The maximum absolute atomic E-state index is 11.8. The van der Waals surface area contributed by atoms with Crippen LogP contribution < -0.4 is 0 Å². The molecule has 1 saturated heterocycles. The predicted octanol–water partition coefficient (Wildman–Crippen LogP) is 1.53. The predicted molar refractivity (Wildman–Crippen MR) is 63.8 cm³/mol. The lowest BCUT2D eigenvalue weighted by Gasteiger charge is -2.31. The second-order valence-electron chi connectivity index (χ2n) is 4.74. The van der Waals surface area contributed by atoms with Crippen molar-refractivity contribution in [2.45, 2.75) is 33.8 Å². The summed E-state index contributed by atoms with van der Waals surface area (Å²) >= 11 is 0. The van der Waals surface area contributed by atoms with Gasteiger partial charge in [0, 0.05) is 18.4 Å². The number of ether oxygens (including phenoxy) is 1. The molecule has 0 aromatic heterocycles. The molecule has 0 spiro atoms. The van der Waals surface area contributed by atoms with Crippen LogP contribution >= 0.6 is 0 Å². The van der Waals surface area contributed by atoms with Crippen molar-refractivity contribution in [3.05, 3.63) is 0 Å². The molecule has 1 heterocycles. The van der Waals surface area contributed by atoms with Crippen molar-refractivity contribution in [1.29, 1.82) is 0 Å². The minimum Gasteiger partial charge on any atom is -0.362 e. The van der Waals surface area contributed by atoms with Gasteiger partial charge >= 0.3 is 0 Å². The number of carbonyl (C=O) groups excluding carboxylic acids is 1. The molecule has 0 radical (unpaired) electrons. The van der Waals surface area contributed by atoms with Crippen LogP contribution in [0.4, 0.5) is 0 Å². The van der Waals surface area contributed by atoms with Gasteiger partial charge in [0.15, 0.2) is 0 Å². The molecule has 0 aromatic carbocycles. The van der Waals surface area contributed by atoms with E-state index in [0.717, 1.165) is 0 Å². The summed E-state index contributed by atoms with van der Waals surface area (Å²) < 4.78 is 5.52. The third-order valence-electron chi connectivity index (χ3n) is 2.41. The summed E-state index contributed by atoms with van der Waals surface area (Å²) in [5.74, 6) is 6.76. The number of hydrogen-bond acceptors (Lipinski definition) is 2. The van der Waals surface area contributed by atoms with E-state index in [2.05, 4.69) is 11.8 Å². The third-order valence-corrected chi connectivity index (χ3v) is 2.41. The molecular weight excluding hydrogens is 202 g/mol. The van der Waals surface area contributed by atoms with Crippen molar-refractivity contribution in [3.8, 4) is 11.8 Å². The van der Waals surface area contributed by atoms with Gasteiger partial charge in [0.05, 0.1) is 13.2 Å². The Kier molecular flexibility index (Phi) is 4.82. The summed E-state index contributed by atoms with van der Waals surface area (Å²) in [6.07, 6.45) is -0.112. The smallest absolute Gasteiger partial charge is 0.225 e. The first-order chi connectivity index (χ1) is 7.50. The Morgan fingerprint density at radius 2 is 2.06 bits per heavy atom. The minimum absolute atomic E-state index is 0.0526. The van der Waals surface area contributed by atoms with E-state index in [1.807, 2.05) is 32.6 Å². The zero-order valence-electron chi connectivity index (χ0n) is 10.6. The Balaban J connectivity index is 2.55. The maximum atomic E-state index is 11.8. The van der Waals surface area contributed by atoms with Crippen LogP contribution in [-0.2, 0) is 9.53 Å². The van der Waals surface area contributed by atoms with Gasteiger partial charge in [-0.25, -0.2) is 0 Å². The van der Waals surface area contributed by atoms with Crippen molar-refractivity contribution in [3.63, 3.8) is 0 Å². The lowest BCUT2D eigenvalue weighted by molar-refractivity contribution is -0.140. The van der Waals surface area contributed by atoms with Crippen LogP contribution in [0.2, 0.25) is 0 Å². The number of nitrogens with zero attached hydrogens (tertiary/aromatic N) is 1. The number of morpholine rings is 1. The van der Waals surface area contributed by atoms with E-state index in [-0.39, 0.29) is 17.9 Å². The molecule has 3 heteroatoms. The van der Waals surface area contributed by atoms with E-state index in [9.17, 15) is 4.79 Å². The Bertz CT molecular complexity index is 299. The van der Waals surface area contributed by atoms with E-state index in [1.54, 1.807) is 0 Å². The molecule has 90 valence electrons. The van der Waals surface area contributed by atoms with Crippen LogP contribution in [0.25, 0.3) is 0 Å². The lowest BCUT2D eigenvalue weighted by Crippen LogP contribution is -2.46. The van der Waals surface area contributed by atoms with E-state index < -0.39 is 0 Å². The topological polar surface area (TPSA) is 29.5 Å². The van der Waals surface area contributed by atoms with Gasteiger partial charge in [-0.2, -0.15) is 0 Å². The van der Waals surface area contributed by atoms with E-state index in [1.165, 1.54) is 0 Å². The number of rotatable bonds is 1. The molecule has 1 aliphatic heterocycles. The van der Waals surface area contributed by atoms with Crippen LogP contribution in [0.5, 0.6) is 0 Å². The van der Waals surface area contributed by atoms with Crippen molar-refractivity contribution in [1.82, 2.24) is 4.90 Å². The zero-order chi connectivity index (χ0) is 12.1. The highest BCUT2D eigenvalue weighted by molar-refractivity contribution is 5.78. The van der Waals surface area contributed by atoms with Gasteiger partial charge in [0.1, 0.15) is 6.10 Å². The number of hydrogen-bond donors (Lipinski definition) is 0. The Morgan fingerprint density at radius 1 is 1.38 bits per heavy atom. The first kappa shape index (κ1) is 13.1. The standard InChI is InChI=1S/C13H21NO2/c1-10(2)5-6-12-9-14(7-8-16-12)13(15)11(3)4/h10-12H,7-9H2,1-4H3/t12-/m1/s1. The molecule has 0 saturated carbocycles. The lowest BCUT2D eigenvalue weighted by atomic mass is 10.1. The molecule has 1 amide bonds. The highest BCUT2D eigenvalue weighted by atomic mass is 16.5. The van der Waals surface area contributed by atoms with Gasteiger partial charge in [-0.05, 0) is 0 Å². The molecule has 0 N–H and O–H groups in total. The summed E-state index contributed by atoms with van der Waals surface area (Å²) in [7, 11) is 0. The van der Waals surface area contributed by atoms with Crippen molar-refractivity contribution in [2.24, 2.45) is 11.8 Å². The fourth-order valence-corrected chi connectivity index (χ4v) is 1.56. The second kappa shape index (κ2) is 5.91. The van der Waals surface area contributed by atoms with Crippen molar-refractivity contribution in [2.75, 3.05) is 19.7 Å². The highest BCUT2D eigenvalue weighted by Crippen LogP contribution is 2.09. The monoisotopic (exact) mass is 223 g/mol. The Morgan fingerprint density at radius 3 is 2.62 bits per heavy atom. The summed E-state index contributed by atoms with van der Waals surface area (Å²) in [6, 6.07) is 0. The van der Waals surface area contributed by atoms with Crippen molar-refractivity contribution >= 4 is 5.91 Å². The normalized spacial score (nSPS) is 20.9. The van der Waals surface area contributed by atoms with Crippen LogP contribution in [0.3, 0.4) is 0 Å². The number of amides is 1. The molecule has 1 atom stereocenters. The minimum atomic E-state index is -0.112. The SMILES string of the molecule is CC(C)C#C[C@@H]1CN(C(=O)C(C)C)CCO1. The molecule has 0 bridgehead atoms. The molecule has 1 aliphatic rings. The maximum Gasteiger partial charge on any atom is 0.225 e. The van der Waals surface area contributed by atoms with Crippen LogP contribution in [0.15, 0.2) is 0 Å². The first-order valence-corrected chi connectivity index (χ1v) is 5.92. The van der Waals surface area contributed by atoms with Crippen LogP contribution in [-0.4, -0.2) is 36.6 Å². The van der Waals surface area contributed by atoms with Gasteiger partial charge in [-0.1, -0.05) is 39.5 Å². The van der Waals surface area contributed by atoms with Gasteiger partial charge < -0.3 is 9.64 Å². The van der Waals surface area contributed by atoms with Crippen molar-refractivity contribution < 1.29 is 9.53 Å². The third kappa shape index (κ3) is 3.86. The van der Waals surface area contributed by atoms with E-state index in [0.29, 0.717) is 25.6 Å². The molecule has 0 aromatic rings. The Hall–Kier alpha value is -1.01. The number of carbonyl (C=O) groups is 1. The van der Waals surface area contributed by atoms with E-state index >= 15 is 0 Å². The van der Waals surface area contributed by atoms with Gasteiger partial charge in [0.25, 0.3) is 0 Å². The molecule has 1 rings (SSSR count). The first-order valence-electron chi connectivity index (χ1n) is 5.92. The van der Waals surface area contributed by atoms with Gasteiger partial charge in [-0.3, -0.25) is 4.79 Å². The van der Waals surface area contributed by atoms with Gasteiger partial charge in [0.2, 0.25) is 5.91 Å². The molecular formula is C13H21NO2. The fourth-order valence-electron chi connectivity index (χ4n) is 1.56. The van der Waals surface area contributed by atoms with E-state index in [4.69, 9.17) is 4.74 Å². The highest BCUT2D eigenvalue weighted by Gasteiger charge is 2.24. The summed E-state index contributed by atoms with van der Waals surface area (Å²) in [5.41, 5.74) is 0. The molecule has 16 heavy (non-hydrogen) atoms. The van der Waals surface area contributed by atoms with Crippen LogP contribution in [0.1, 0.15) is 27.7 Å². The Labute approximate surface area is 98.1 Å². The molecule has 3 nitrogen and oxygen atoms in total. The van der Waals surface area contributed by atoms with Crippen LogP contribution in [0, 0.1) is 23.7 Å². The van der Waals surface area contributed by atoms with Gasteiger partial charge in [-0.15, -0.1) is 0 Å². The largest absolute Gasteiger partial charge is 0.362 e. The summed E-state index contributed by atoms with van der Waals surface area (Å²) in [6.45, 7) is 9.84. The molecule has 1 fully saturated rings. The molecule has 0 unspecified atom stereocenters. The fraction of sp³-hybridized carbons (Fsp3) is 0.769. The summed E-state index contributed by atoms with van der Waals surface area (Å²) in [4.78, 5) is 13.7. The zero-order valence-corrected chi connectivity index (χ0v) is 10.6. The summed E-state index contributed by atoms with van der Waals surface area (Å²) in [5, 5.41) is 0. The second-order valence-corrected chi connectivity index (χ2v) is 4.74. The average Bonchev–Trinajstić information content (AvgIpc) is 2.25. The quantitative estimate of drug-likeness (QED) is 0.631. The molecule has 0 aliphatic carbocycles.